The fourth-order valence-electron chi connectivity index (χ4n) is 3.76. The average Bonchev–Trinajstić information content (AvgIpc) is 2.81. The standard InChI is InChI=1S/C23H33N5O10S/c1-24-23(39)25-16-4-2-15(3-5-16)8-17(28(13-21(35)36)14-22(37)38)9-26(10-18(29)30)6-7-27(11-19(31)32)12-20(33)34/h2-5,17H,6-14H2,1H3,(H,29,30)(H,31,32)(H,33,34)(H,35,36)(H,37,38)(H2,24,25,39)/t17-/m0/s1. The molecule has 0 unspecified atom stereocenters. The van der Waals surface area contributed by atoms with Crippen LogP contribution in [0.2, 0.25) is 0 Å². The summed E-state index contributed by atoms with van der Waals surface area (Å²) in [7, 11) is 1.65. The second-order valence-electron chi connectivity index (χ2n) is 8.58. The van der Waals surface area contributed by atoms with E-state index in [1.54, 1.807) is 31.3 Å². The number of aliphatic carboxylic acids is 5. The molecule has 0 aliphatic carbocycles. The quantitative estimate of drug-likeness (QED) is 0.0974. The van der Waals surface area contributed by atoms with Gasteiger partial charge in [-0.05, 0) is 36.3 Å². The van der Waals surface area contributed by atoms with Crippen LogP contribution >= 0.6 is 12.2 Å². The number of benzene rings is 1. The summed E-state index contributed by atoms with van der Waals surface area (Å²) in [6, 6.07) is 6.13. The third-order valence-electron chi connectivity index (χ3n) is 5.38. The first kappa shape index (κ1) is 33.2. The van der Waals surface area contributed by atoms with E-state index in [9.17, 15) is 39.3 Å². The van der Waals surface area contributed by atoms with E-state index in [1.165, 1.54) is 9.80 Å². The predicted molar refractivity (Wildman–Crippen MR) is 142 cm³/mol. The normalized spacial score (nSPS) is 11.8. The minimum absolute atomic E-state index is 0.0678. The van der Waals surface area contributed by atoms with E-state index in [-0.39, 0.29) is 26.1 Å². The first-order valence-corrected chi connectivity index (χ1v) is 12.0. The highest BCUT2D eigenvalue weighted by molar-refractivity contribution is 7.80. The Morgan fingerprint density at radius 2 is 1.18 bits per heavy atom. The maximum Gasteiger partial charge on any atom is 0.317 e. The molecule has 39 heavy (non-hydrogen) atoms. The van der Waals surface area contributed by atoms with Gasteiger partial charge in [-0.25, -0.2) is 0 Å². The number of nitrogens with zero attached hydrogens (tertiary/aromatic N) is 3. The molecule has 0 bridgehead atoms. The predicted octanol–water partition coefficient (Wildman–Crippen LogP) is -1.16. The first-order valence-electron chi connectivity index (χ1n) is 11.6. The van der Waals surface area contributed by atoms with Gasteiger partial charge in [0.15, 0.2) is 5.11 Å². The summed E-state index contributed by atoms with van der Waals surface area (Å²) in [5.41, 5.74) is 1.38. The van der Waals surface area contributed by atoms with Gasteiger partial charge in [-0.1, -0.05) is 12.1 Å². The molecule has 1 rings (SSSR count). The maximum atomic E-state index is 11.6. The Hall–Kier alpha value is -3.86. The molecule has 0 amide bonds. The molecule has 1 atom stereocenters. The Morgan fingerprint density at radius 3 is 1.62 bits per heavy atom. The van der Waals surface area contributed by atoms with Gasteiger partial charge >= 0.3 is 29.8 Å². The van der Waals surface area contributed by atoms with Gasteiger partial charge in [-0.2, -0.15) is 0 Å². The molecule has 0 saturated heterocycles. The van der Waals surface area contributed by atoms with Crippen LogP contribution in [0.15, 0.2) is 24.3 Å². The van der Waals surface area contributed by atoms with E-state index >= 15 is 0 Å². The Balaban J connectivity index is 3.23. The van der Waals surface area contributed by atoms with Crippen molar-refractivity contribution >= 4 is 52.9 Å². The summed E-state index contributed by atoms with van der Waals surface area (Å²) >= 11 is 5.06. The molecule has 7 N–H and O–H groups in total. The molecule has 15 nitrogen and oxygen atoms in total. The summed E-state index contributed by atoms with van der Waals surface area (Å²) in [6.45, 7) is -3.22. The molecule has 0 fully saturated rings. The first-order chi connectivity index (χ1) is 18.3. The van der Waals surface area contributed by atoms with Gasteiger partial charge in [0, 0.05) is 38.4 Å². The van der Waals surface area contributed by atoms with Crippen molar-refractivity contribution in [3.63, 3.8) is 0 Å². The molecule has 0 radical (unpaired) electrons. The number of hydrogen-bond donors (Lipinski definition) is 7. The summed E-state index contributed by atoms with van der Waals surface area (Å²) in [5, 5.41) is 52.4. The SMILES string of the molecule is CNC(=S)Nc1ccc(C[C@@H](CN(CCN(CC(=O)O)CC(=O)O)CC(=O)O)N(CC(=O)O)CC(=O)O)cc1. The fourth-order valence-corrected chi connectivity index (χ4v) is 3.88. The second kappa shape index (κ2) is 16.9. The van der Waals surface area contributed by atoms with Crippen LogP contribution in [0, 0.1) is 0 Å². The monoisotopic (exact) mass is 571 g/mol. The average molecular weight is 572 g/mol. The van der Waals surface area contributed by atoms with Crippen LogP contribution in [0.1, 0.15) is 5.56 Å². The summed E-state index contributed by atoms with van der Waals surface area (Å²) in [4.78, 5) is 60.5. The lowest BCUT2D eigenvalue weighted by atomic mass is 10.0. The molecule has 0 aliphatic heterocycles. The Labute approximate surface area is 229 Å². The maximum absolute atomic E-state index is 11.6. The molecule has 0 aromatic heterocycles. The van der Waals surface area contributed by atoms with E-state index in [1.807, 2.05) is 0 Å². The van der Waals surface area contributed by atoms with Gasteiger partial charge in [0.05, 0.1) is 32.7 Å². The van der Waals surface area contributed by atoms with Crippen molar-refractivity contribution in [2.24, 2.45) is 0 Å². The number of anilines is 1. The van der Waals surface area contributed by atoms with E-state index < -0.39 is 68.6 Å². The number of rotatable bonds is 19. The molecular formula is C23H33N5O10S. The van der Waals surface area contributed by atoms with Crippen molar-refractivity contribution in [3.8, 4) is 0 Å². The molecule has 16 heteroatoms. The lowest BCUT2D eigenvalue weighted by molar-refractivity contribution is -0.144. The minimum Gasteiger partial charge on any atom is -0.480 e. The molecule has 0 saturated carbocycles. The third-order valence-corrected chi connectivity index (χ3v) is 5.69. The summed E-state index contributed by atoms with van der Waals surface area (Å²) in [5.74, 6) is -6.31. The van der Waals surface area contributed by atoms with Crippen molar-refractivity contribution in [2.45, 2.75) is 12.5 Å². The minimum atomic E-state index is -1.28. The highest BCUT2D eigenvalue weighted by Crippen LogP contribution is 2.15. The Kier molecular flexibility index (Phi) is 14.3. The summed E-state index contributed by atoms with van der Waals surface area (Å²) in [6.07, 6.45) is 0.154. The van der Waals surface area contributed by atoms with Crippen LogP contribution in [0.25, 0.3) is 0 Å². The zero-order valence-electron chi connectivity index (χ0n) is 21.3. The molecule has 0 spiro atoms. The van der Waals surface area contributed by atoms with Gasteiger partial charge in [-0.15, -0.1) is 0 Å². The Bertz CT molecular complexity index is 991. The van der Waals surface area contributed by atoms with Crippen LogP contribution in [0.3, 0.4) is 0 Å². The largest absolute Gasteiger partial charge is 0.480 e. The van der Waals surface area contributed by atoms with Crippen molar-refractivity contribution in [3.05, 3.63) is 29.8 Å². The second-order valence-corrected chi connectivity index (χ2v) is 8.99. The van der Waals surface area contributed by atoms with Crippen LogP contribution in [0.5, 0.6) is 0 Å². The van der Waals surface area contributed by atoms with Gasteiger partial charge in [0.25, 0.3) is 0 Å². The van der Waals surface area contributed by atoms with Crippen molar-refractivity contribution < 1.29 is 49.5 Å². The number of thiocarbonyl (C=S) groups is 1. The molecule has 0 aliphatic rings. The third kappa shape index (κ3) is 14.6. The molecule has 0 heterocycles. The van der Waals surface area contributed by atoms with Gasteiger partial charge in [-0.3, -0.25) is 38.7 Å². The smallest absolute Gasteiger partial charge is 0.317 e. The molecule has 1 aromatic rings. The van der Waals surface area contributed by atoms with E-state index in [0.29, 0.717) is 16.4 Å². The zero-order chi connectivity index (χ0) is 29.5. The van der Waals surface area contributed by atoms with Gasteiger partial charge < -0.3 is 36.2 Å². The van der Waals surface area contributed by atoms with Crippen molar-refractivity contribution in [1.29, 1.82) is 0 Å². The van der Waals surface area contributed by atoms with Gasteiger partial charge in [0.1, 0.15) is 0 Å². The van der Waals surface area contributed by atoms with Crippen molar-refractivity contribution in [1.82, 2.24) is 20.0 Å². The van der Waals surface area contributed by atoms with E-state index in [4.69, 9.17) is 22.4 Å². The Morgan fingerprint density at radius 1 is 0.744 bits per heavy atom. The number of carboxylic acid groups (broad SMARTS) is 5. The summed E-state index contributed by atoms with van der Waals surface area (Å²) < 4.78 is 0. The number of nitrogens with one attached hydrogen (secondary N) is 2. The highest BCUT2D eigenvalue weighted by Gasteiger charge is 2.27. The zero-order valence-corrected chi connectivity index (χ0v) is 22.1. The van der Waals surface area contributed by atoms with Crippen LogP contribution in [-0.2, 0) is 30.4 Å². The van der Waals surface area contributed by atoms with E-state index in [2.05, 4.69) is 10.6 Å². The molecule has 216 valence electrons. The number of carbonyl (C=O) groups is 5. The highest BCUT2D eigenvalue weighted by atomic mass is 32.1. The topological polar surface area (TPSA) is 220 Å². The number of carboxylic acids is 5. The van der Waals surface area contributed by atoms with Crippen molar-refractivity contribution in [2.75, 3.05) is 64.7 Å². The van der Waals surface area contributed by atoms with Crippen LogP contribution in [-0.4, -0.2) is 141 Å². The lowest BCUT2D eigenvalue weighted by Crippen LogP contribution is -2.51. The molecule has 1 aromatic carbocycles. The lowest BCUT2D eigenvalue weighted by Gasteiger charge is -2.34. The van der Waals surface area contributed by atoms with Crippen LogP contribution in [0.4, 0.5) is 5.69 Å². The molecular weight excluding hydrogens is 538 g/mol. The fraction of sp³-hybridized carbons (Fsp3) is 0.478. The number of hydrogen-bond acceptors (Lipinski definition) is 9. The van der Waals surface area contributed by atoms with E-state index in [0.717, 1.165) is 4.90 Å². The van der Waals surface area contributed by atoms with Gasteiger partial charge in [0.2, 0.25) is 0 Å². The van der Waals surface area contributed by atoms with Crippen LogP contribution < -0.4 is 10.6 Å².